The highest BCUT2D eigenvalue weighted by molar-refractivity contribution is 7.89. The van der Waals surface area contributed by atoms with Gasteiger partial charge in [-0.25, -0.2) is 12.8 Å². The molecule has 1 heterocycles. The molecule has 1 amide bonds. The van der Waals surface area contributed by atoms with E-state index in [-0.39, 0.29) is 10.5 Å². The molecule has 1 aliphatic rings. The predicted molar refractivity (Wildman–Crippen MR) is 108 cm³/mol. The van der Waals surface area contributed by atoms with Crippen LogP contribution in [0.3, 0.4) is 0 Å². The monoisotopic (exact) mass is 420 g/mol. The molecule has 0 unspecified atom stereocenters. The number of fused-ring (bicyclic) bond motifs is 1. The third-order valence-corrected chi connectivity index (χ3v) is 7.02. The number of sulfonamides is 1. The van der Waals surface area contributed by atoms with E-state index in [1.54, 1.807) is 13.8 Å². The fourth-order valence-corrected chi connectivity index (χ4v) is 4.85. The number of amides is 1. The number of hydrogen-bond acceptors (Lipinski definition) is 4. The van der Waals surface area contributed by atoms with Crippen LogP contribution in [-0.4, -0.2) is 44.9 Å². The molecular formula is C21H25FN2O4S. The number of halogens is 1. The van der Waals surface area contributed by atoms with Crippen LogP contribution in [0.15, 0.2) is 41.3 Å². The van der Waals surface area contributed by atoms with Gasteiger partial charge in [0.2, 0.25) is 10.0 Å². The second kappa shape index (κ2) is 8.92. The van der Waals surface area contributed by atoms with Gasteiger partial charge in [-0.1, -0.05) is 26.0 Å². The Morgan fingerprint density at radius 3 is 2.66 bits per heavy atom. The first kappa shape index (κ1) is 21.3. The largest absolute Gasteiger partial charge is 0.493 e. The molecule has 29 heavy (non-hydrogen) atoms. The van der Waals surface area contributed by atoms with E-state index in [2.05, 4.69) is 5.32 Å². The second-order valence-corrected chi connectivity index (χ2v) is 8.72. The Labute approximate surface area is 170 Å². The van der Waals surface area contributed by atoms with Crippen LogP contribution in [0.2, 0.25) is 0 Å². The number of nitrogens with one attached hydrogen (secondary N) is 1. The van der Waals surface area contributed by atoms with Crippen LogP contribution >= 0.6 is 0 Å². The summed E-state index contributed by atoms with van der Waals surface area (Å²) in [5.74, 6) is -0.495. The summed E-state index contributed by atoms with van der Waals surface area (Å²) in [7, 11) is -3.77. The molecule has 1 N–H and O–H groups in total. The first-order valence-electron chi connectivity index (χ1n) is 9.69. The third kappa shape index (κ3) is 4.59. The van der Waals surface area contributed by atoms with Gasteiger partial charge in [0, 0.05) is 26.1 Å². The van der Waals surface area contributed by atoms with Crippen molar-refractivity contribution < 1.29 is 22.3 Å². The lowest BCUT2D eigenvalue weighted by atomic mass is 10.1. The van der Waals surface area contributed by atoms with Gasteiger partial charge in [0.25, 0.3) is 5.91 Å². The van der Waals surface area contributed by atoms with Crippen molar-refractivity contribution in [3.63, 3.8) is 0 Å². The van der Waals surface area contributed by atoms with E-state index in [1.807, 2.05) is 18.2 Å². The summed E-state index contributed by atoms with van der Waals surface area (Å²) in [4.78, 5) is 12.4. The molecule has 156 valence electrons. The van der Waals surface area contributed by atoms with Crippen molar-refractivity contribution in [2.24, 2.45) is 0 Å². The van der Waals surface area contributed by atoms with Crippen molar-refractivity contribution in [2.75, 3.05) is 26.2 Å². The van der Waals surface area contributed by atoms with Gasteiger partial charge >= 0.3 is 0 Å². The molecule has 2 aromatic carbocycles. The second-order valence-electron chi connectivity index (χ2n) is 6.78. The summed E-state index contributed by atoms with van der Waals surface area (Å²) in [6.45, 7) is 5.03. The molecule has 0 saturated carbocycles. The zero-order valence-electron chi connectivity index (χ0n) is 16.6. The van der Waals surface area contributed by atoms with Crippen LogP contribution < -0.4 is 10.1 Å². The summed E-state index contributed by atoms with van der Waals surface area (Å²) < 4.78 is 46.2. The number of benzene rings is 2. The summed E-state index contributed by atoms with van der Waals surface area (Å²) in [6, 6.07) is 9.21. The highest BCUT2D eigenvalue weighted by atomic mass is 32.2. The highest BCUT2D eigenvalue weighted by Gasteiger charge is 2.24. The summed E-state index contributed by atoms with van der Waals surface area (Å²) >= 11 is 0. The summed E-state index contributed by atoms with van der Waals surface area (Å²) in [5, 5.41) is 2.67. The lowest BCUT2D eigenvalue weighted by Crippen LogP contribution is -2.31. The number of hydrogen-bond donors (Lipinski definition) is 1. The van der Waals surface area contributed by atoms with Gasteiger partial charge in [-0.3, -0.25) is 4.79 Å². The highest BCUT2D eigenvalue weighted by Crippen LogP contribution is 2.26. The minimum absolute atomic E-state index is 0.0913. The lowest BCUT2D eigenvalue weighted by molar-refractivity contribution is 0.0950. The van der Waals surface area contributed by atoms with E-state index in [0.717, 1.165) is 35.4 Å². The van der Waals surface area contributed by atoms with Crippen molar-refractivity contribution in [3.05, 3.63) is 58.9 Å². The number of carbonyl (C=O) groups excluding carboxylic acids is 1. The van der Waals surface area contributed by atoms with Crippen molar-refractivity contribution in [1.29, 1.82) is 0 Å². The Bertz CT molecular complexity index is 1000. The Balaban J connectivity index is 1.69. The van der Waals surface area contributed by atoms with E-state index in [9.17, 15) is 17.6 Å². The maximum Gasteiger partial charge on any atom is 0.254 e. The number of nitrogens with zero attached hydrogens (tertiary/aromatic N) is 1. The lowest BCUT2D eigenvalue weighted by Gasteiger charge is -2.19. The fraction of sp³-hybridized carbons (Fsp3) is 0.381. The molecule has 1 aliphatic heterocycles. The minimum atomic E-state index is -3.77. The summed E-state index contributed by atoms with van der Waals surface area (Å²) in [6.07, 6.45) is 1.45. The molecule has 0 atom stereocenters. The van der Waals surface area contributed by atoms with Crippen LogP contribution in [-0.2, 0) is 22.9 Å². The number of ether oxygens (including phenoxy) is 1. The van der Waals surface area contributed by atoms with Gasteiger partial charge in [-0.05, 0) is 41.8 Å². The van der Waals surface area contributed by atoms with E-state index < -0.39 is 21.7 Å². The maximum absolute atomic E-state index is 14.2. The Morgan fingerprint density at radius 2 is 1.93 bits per heavy atom. The smallest absolute Gasteiger partial charge is 0.254 e. The predicted octanol–water partition coefficient (Wildman–Crippen LogP) is 2.76. The fourth-order valence-electron chi connectivity index (χ4n) is 3.36. The zero-order chi connectivity index (χ0) is 21.0. The molecule has 0 bridgehead atoms. The molecule has 6 nitrogen and oxygen atoms in total. The van der Waals surface area contributed by atoms with E-state index in [1.165, 1.54) is 10.4 Å². The van der Waals surface area contributed by atoms with Crippen molar-refractivity contribution in [2.45, 2.75) is 31.6 Å². The van der Waals surface area contributed by atoms with Gasteiger partial charge in [-0.15, -0.1) is 0 Å². The molecule has 2 aromatic rings. The topological polar surface area (TPSA) is 75.7 Å². The van der Waals surface area contributed by atoms with Crippen LogP contribution in [0.25, 0.3) is 0 Å². The van der Waals surface area contributed by atoms with Crippen molar-refractivity contribution in [3.8, 4) is 5.75 Å². The average Bonchev–Trinajstić information content (AvgIpc) is 3.16. The van der Waals surface area contributed by atoms with E-state index in [4.69, 9.17) is 4.74 Å². The van der Waals surface area contributed by atoms with Crippen LogP contribution in [0.1, 0.15) is 35.3 Å². The van der Waals surface area contributed by atoms with Crippen LogP contribution in [0.4, 0.5) is 4.39 Å². The molecule has 0 aromatic heterocycles. The SMILES string of the molecule is CCN(CC)S(=O)(=O)c1ccc(F)c(C(=O)NCCc2ccc3c(c2)CCO3)c1. The molecular weight excluding hydrogens is 395 g/mol. The van der Waals surface area contributed by atoms with Crippen LogP contribution in [0.5, 0.6) is 5.75 Å². The zero-order valence-corrected chi connectivity index (χ0v) is 17.4. The summed E-state index contributed by atoms with van der Waals surface area (Å²) in [5.41, 5.74) is 1.92. The van der Waals surface area contributed by atoms with E-state index >= 15 is 0 Å². The van der Waals surface area contributed by atoms with Gasteiger partial charge < -0.3 is 10.1 Å². The molecule has 0 spiro atoms. The molecule has 8 heteroatoms. The normalized spacial score (nSPS) is 13.2. The minimum Gasteiger partial charge on any atom is -0.493 e. The molecule has 0 aliphatic carbocycles. The first-order chi connectivity index (χ1) is 13.9. The number of rotatable bonds is 8. The van der Waals surface area contributed by atoms with Gasteiger partial charge in [0.1, 0.15) is 11.6 Å². The molecule has 3 rings (SSSR count). The standard InChI is InChI=1S/C21H25FN2O4S/c1-3-24(4-2)29(26,27)17-6-7-19(22)18(14-17)21(25)23-11-9-15-5-8-20-16(13-15)10-12-28-20/h5-8,13-14H,3-4,9-12H2,1-2H3,(H,23,25). The Hall–Kier alpha value is -2.45. The average molecular weight is 421 g/mol. The molecule has 0 saturated heterocycles. The van der Waals surface area contributed by atoms with E-state index in [0.29, 0.717) is 32.7 Å². The van der Waals surface area contributed by atoms with Gasteiger partial charge in [0.05, 0.1) is 17.1 Å². The Kier molecular flexibility index (Phi) is 6.54. The van der Waals surface area contributed by atoms with Crippen molar-refractivity contribution in [1.82, 2.24) is 9.62 Å². The van der Waals surface area contributed by atoms with Crippen LogP contribution in [0, 0.1) is 5.82 Å². The van der Waals surface area contributed by atoms with Gasteiger partial charge in [-0.2, -0.15) is 4.31 Å². The number of carbonyl (C=O) groups is 1. The first-order valence-corrected chi connectivity index (χ1v) is 11.1. The third-order valence-electron chi connectivity index (χ3n) is 4.98. The Morgan fingerprint density at radius 1 is 1.17 bits per heavy atom. The van der Waals surface area contributed by atoms with Crippen molar-refractivity contribution >= 4 is 15.9 Å². The maximum atomic E-state index is 14.2. The quantitative estimate of drug-likeness (QED) is 0.713. The molecule has 0 fully saturated rings. The molecule has 0 radical (unpaired) electrons. The van der Waals surface area contributed by atoms with Gasteiger partial charge in [0.15, 0.2) is 0 Å².